The zero-order chi connectivity index (χ0) is 22.8. The Kier molecular flexibility index (Phi) is 10.2. The van der Waals surface area contributed by atoms with Gasteiger partial charge in [0.15, 0.2) is 0 Å². The number of nitrogens with two attached hydrogens (primary N) is 1. The van der Waals surface area contributed by atoms with Gasteiger partial charge in [0.2, 0.25) is 0 Å². The molecule has 1 atom stereocenters. The Morgan fingerprint density at radius 1 is 1.07 bits per heavy atom. The van der Waals surface area contributed by atoms with E-state index < -0.39 is 5.91 Å². The first-order valence-electron chi connectivity index (χ1n) is 9.21. The molecular weight excluding hydrogens is 425 g/mol. The van der Waals surface area contributed by atoms with E-state index in [0.29, 0.717) is 16.7 Å². The van der Waals surface area contributed by atoms with Crippen molar-refractivity contribution in [2.75, 3.05) is 30.5 Å². The fourth-order valence-corrected chi connectivity index (χ4v) is 2.72. The summed E-state index contributed by atoms with van der Waals surface area (Å²) in [4.78, 5) is 25.8. The molecule has 0 aliphatic rings. The van der Waals surface area contributed by atoms with Gasteiger partial charge in [0.05, 0.1) is 12.3 Å². The molecule has 0 aliphatic heterocycles. The predicted octanol–water partition coefficient (Wildman–Crippen LogP) is 4.50. The van der Waals surface area contributed by atoms with Crippen LogP contribution >= 0.6 is 23.2 Å². The van der Waals surface area contributed by atoms with Gasteiger partial charge in [-0.1, -0.05) is 41.9 Å². The third-order valence-corrected chi connectivity index (χ3v) is 4.78. The largest absolute Gasteiger partial charge is 0.464 e. The van der Waals surface area contributed by atoms with Gasteiger partial charge in [-0.2, -0.15) is 0 Å². The number of nitrogens with zero attached hydrogens (tertiary/aromatic N) is 2. The molecule has 2 aromatic rings. The van der Waals surface area contributed by atoms with E-state index in [1.54, 1.807) is 50.1 Å². The maximum atomic E-state index is 11.5. The maximum Gasteiger partial charge on any atom is 0.328 e. The lowest BCUT2D eigenvalue weighted by atomic mass is 10.2. The van der Waals surface area contributed by atoms with Crippen molar-refractivity contribution in [1.29, 1.82) is 0 Å². The molecule has 0 saturated carbocycles. The highest BCUT2D eigenvalue weighted by Crippen LogP contribution is 2.21. The molecule has 0 fully saturated rings. The summed E-state index contributed by atoms with van der Waals surface area (Å²) in [6, 6.07) is 14.2. The molecule has 0 heterocycles. The summed E-state index contributed by atoms with van der Waals surface area (Å²) in [6.07, 6.45) is 0. The first-order chi connectivity index (χ1) is 14.1. The molecule has 0 aromatic heterocycles. The second kappa shape index (κ2) is 12.1. The van der Waals surface area contributed by atoms with Gasteiger partial charge in [-0.3, -0.25) is 4.79 Å². The van der Waals surface area contributed by atoms with Gasteiger partial charge in [0.1, 0.15) is 6.04 Å². The Hall–Kier alpha value is -2.70. The number of hydrogen-bond acceptors (Lipinski definition) is 5. The van der Waals surface area contributed by atoms with E-state index in [2.05, 4.69) is 6.58 Å². The average molecular weight is 452 g/mol. The van der Waals surface area contributed by atoms with Crippen LogP contribution in [-0.2, 0) is 14.3 Å². The van der Waals surface area contributed by atoms with Crippen LogP contribution in [0.3, 0.4) is 0 Å². The van der Waals surface area contributed by atoms with Gasteiger partial charge >= 0.3 is 5.97 Å². The van der Waals surface area contributed by atoms with Crippen LogP contribution in [0.5, 0.6) is 0 Å². The average Bonchev–Trinajstić information content (AvgIpc) is 2.72. The highest BCUT2D eigenvalue weighted by Gasteiger charge is 2.19. The number of likely N-dealkylation sites (N-methyl/N-ethyl adjacent to an activating group) is 2. The van der Waals surface area contributed by atoms with Crippen molar-refractivity contribution >= 4 is 46.5 Å². The molecular formula is C22H27Cl2N3O3. The number of hydrogen-bond donors (Lipinski definition) is 1. The van der Waals surface area contributed by atoms with Crippen molar-refractivity contribution in [2.45, 2.75) is 19.9 Å². The number of anilines is 2. The molecule has 0 aliphatic carbocycles. The Labute approximate surface area is 187 Å². The Balaban J connectivity index is 0.000000303. The van der Waals surface area contributed by atoms with Crippen LogP contribution in [0.15, 0.2) is 60.8 Å². The first-order valence-corrected chi connectivity index (χ1v) is 9.97. The molecule has 0 saturated heterocycles. The third-order valence-electron chi connectivity index (χ3n) is 4.31. The van der Waals surface area contributed by atoms with Gasteiger partial charge in [0, 0.05) is 35.5 Å². The minimum atomic E-state index is -0.549. The molecule has 30 heavy (non-hydrogen) atoms. The lowest BCUT2D eigenvalue weighted by Crippen LogP contribution is -2.37. The number of amides is 1. The number of primary amides is 1. The molecule has 8 heteroatoms. The molecule has 0 bridgehead atoms. The molecule has 6 nitrogen and oxygen atoms in total. The van der Waals surface area contributed by atoms with Crippen LogP contribution in [0.1, 0.15) is 13.8 Å². The molecule has 162 valence electrons. The minimum absolute atomic E-state index is 0.229. The van der Waals surface area contributed by atoms with Gasteiger partial charge in [-0.05, 0) is 50.2 Å². The summed E-state index contributed by atoms with van der Waals surface area (Å²) in [5, 5.41) is 1.26. The second-order valence-electron chi connectivity index (χ2n) is 6.37. The highest BCUT2D eigenvalue weighted by atomic mass is 35.5. The van der Waals surface area contributed by atoms with Crippen molar-refractivity contribution < 1.29 is 14.3 Å². The minimum Gasteiger partial charge on any atom is -0.464 e. The predicted molar refractivity (Wildman–Crippen MR) is 124 cm³/mol. The second-order valence-corrected chi connectivity index (χ2v) is 7.24. The zero-order valence-electron chi connectivity index (χ0n) is 17.6. The lowest BCUT2D eigenvalue weighted by Gasteiger charge is -2.25. The molecule has 2 N–H and O–H groups in total. The van der Waals surface area contributed by atoms with Gasteiger partial charge < -0.3 is 20.3 Å². The van der Waals surface area contributed by atoms with E-state index in [0.717, 1.165) is 11.4 Å². The monoisotopic (exact) mass is 451 g/mol. The zero-order valence-corrected chi connectivity index (χ0v) is 19.1. The van der Waals surface area contributed by atoms with E-state index >= 15 is 0 Å². The number of carbonyl (C=O) groups excluding carboxylic acids is 2. The van der Waals surface area contributed by atoms with E-state index in [4.69, 9.17) is 33.7 Å². The van der Waals surface area contributed by atoms with Crippen LogP contribution in [-0.4, -0.2) is 38.6 Å². The van der Waals surface area contributed by atoms with Crippen molar-refractivity contribution in [1.82, 2.24) is 0 Å². The molecule has 2 aromatic carbocycles. The van der Waals surface area contributed by atoms with Crippen molar-refractivity contribution in [3.63, 3.8) is 0 Å². The smallest absolute Gasteiger partial charge is 0.328 e. The topological polar surface area (TPSA) is 75.9 Å². The van der Waals surface area contributed by atoms with Crippen LogP contribution in [0.2, 0.25) is 10.0 Å². The van der Waals surface area contributed by atoms with Gasteiger partial charge in [-0.15, -0.1) is 0 Å². The number of rotatable bonds is 7. The number of benzene rings is 2. The fourth-order valence-electron chi connectivity index (χ4n) is 2.35. The lowest BCUT2D eigenvalue weighted by molar-refractivity contribution is -0.144. The summed E-state index contributed by atoms with van der Waals surface area (Å²) in [5.41, 5.74) is 7.00. The Bertz CT molecular complexity index is 889. The van der Waals surface area contributed by atoms with Crippen LogP contribution in [0, 0.1) is 0 Å². The summed E-state index contributed by atoms with van der Waals surface area (Å²) in [5.74, 6) is -0.780. The maximum absolute atomic E-state index is 11.5. The Morgan fingerprint density at radius 3 is 2.03 bits per heavy atom. The molecule has 2 rings (SSSR count). The molecule has 0 radical (unpaired) electrons. The number of carbonyl (C=O) groups is 2. The number of esters is 1. The fraction of sp³-hybridized carbons (Fsp3) is 0.273. The van der Waals surface area contributed by atoms with Crippen molar-refractivity contribution in [2.24, 2.45) is 5.73 Å². The quantitative estimate of drug-likeness (QED) is 0.495. The summed E-state index contributed by atoms with van der Waals surface area (Å²) in [7, 11) is 3.55. The SMILES string of the molecule is C=C(C(N)=O)N(C)c1cccc(Cl)c1.CCOC(=O)C(C)N(C)c1cccc(Cl)c1. The van der Waals surface area contributed by atoms with E-state index in [9.17, 15) is 9.59 Å². The van der Waals surface area contributed by atoms with Gasteiger partial charge in [0.25, 0.3) is 5.91 Å². The summed E-state index contributed by atoms with van der Waals surface area (Å²) >= 11 is 11.7. The molecule has 0 spiro atoms. The van der Waals surface area contributed by atoms with E-state index in [-0.39, 0.29) is 17.7 Å². The van der Waals surface area contributed by atoms with Crippen molar-refractivity contribution in [3.8, 4) is 0 Å². The first kappa shape index (κ1) is 25.3. The van der Waals surface area contributed by atoms with Crippen LogP contribution < -0.4 is 15.5 Å². The number of halogens is 2. The van der Waals surface area contributed by atoms with E-state index in [1.807, 2.05) is 36.2 Å². The highest BCUT2D eigenvalue weighted by molar-refractivity contribution is 6.31. The third kappa shape index (κ3) is 7.61. The van der Waals surface area contributed by atoms with Gasteiger partial charge in [-0.25, -0.2) is 4.79 Å². The normalized spacial score (nSPS) is 10.9. The summed E-state index contributed by atoms with van der Waals surface area (Å²) < 4.78 is 4.96. The van der Waals surface area contributed by atoms with E-state index in [1.165, 1.54) is 0 Å². The standard InChI is InChI=1S/C12H16ClNO2.C10H11ClN2O/c1-4-16-12(15)9(2)14(3)11-7-5-6-10(13)8-11;1-7(10(12)14)13(2)9-5-3-4-8(11)6-9/h5-9H,4H2,1-3H3;3-6H,1H2,2H3,(H2,12,14). The number of ether oxygens (including phenoxy) is 1. The summed E-state index contributed by atoms with van der Waals surface area (Å²) in [6.45, 7) is 7.56. The van der Waals surface area contributed by atoms with Crippen LogP contribution in [0.25, 0.3) is 0 Å². The molecule has 1 amide bonds. The molecule has 1 unspecified atom stereocenters. The van der Waals surface area contributed by atoms with Crippen molar-refractivity contribution in [3.05, 3.63) is 70.9 Å². The van der Waals surface area contributed by atoms with Crippen LogP contribution in [0.4, 0.5) is 11.4 Å². The Morgan fingerprint density at radius 2 is 1.57 bits per heavy atom.